The molecule has 4 nitrogen and oxygen atoms in total. The Labute approximate surface area is 73.9 Å². The summed E-state index contributed by atoms with van der Waals surface area (Å²) >= 11 is 0. The first-order valence-corrected chi connectivity index (χ1v) is 4.09. The molecule has 0 aromatic heterocycles. The lowest BCUT2D eigenvalue weighted by molar-refractivity contribution is 0.237. The third-order valence-electron chi connectivity index (χ3n) is 1.82. The maximum absolute atomic E-state index is 10.8. The first kappa shape index (κ1) is 11.2. The highest BCUT2D eigenvalue weighted by Crippen LogP contribution is 2.16. The maximum Gasteiger partial charge on any atom is 0.314 e. The summed E-state index contributed by atoms with van der Waals surface area (Å²) in [6, 6.07) is -0.204. The smallest absolute Gasteiger partial charge is 0.314 e. The highest BCUT2D eigenvalue weighted by molar-refractivity contribution is 5.73. The summed E-state index contributed by atoms with van der Waals surface area (Å²) in [4.78, 5) is 10.8. The van der Waals surface area contributed by atoms with E-state index in [9.17, 15) is 4.79 Å². The molecule has 0 bridgehead atoms. The average Bonchev–Trinajstić information content (AvgIpc) is 1.97. The molecular weight excluding hydrogens is 154 g/mol. The van der Waals surface area contributed by atoms with E-state index in [0.717, 1.165) is 0 Å². The quantitative estimate of drug-likeness (QED) is 0.562. The molecule has 0 aliphatic carbocycles. The predicted octanol–water partition coefficient (Wildman–Crippen LogP) is 0.289. The molecular formula is C8H19N3O. The predicted molar refractivity (Wildman–Crippen MR) is 49.9 cm³/mol. The molecule has 1 atom stereocenters. The average molecular weight is 173 g/mol. The van der Waals surface area contributed by atoms with Crippen LogP contribution < -0.4 is 16.4 Å². The van der Waals surface area contributed by atoms with Gasteiger partial charge in [-0.2, -0.15) is 0 Å². The molecule has 0 saturated heterocycles. The Hall–Kier alpha value is -0.770. The maximum atomic E-state index is 10.8. The number of hydrogen-bond acceptors (Lipinski definition) is 2. The SMILES string of the molecule is CNC(=O)NC[C@@H](N)C(C)(C)C. The van der Waals surface area contributed by atoms with E-state index in [1.54, 1.807) is 7.05 Å². The van der Waals surface area contributed by atoms with Crippen LogP contribution in [-0.2, 0) is 0 Å². The van der Waals surface area contributed by atoms with Gasteiger partial charge >= 0.3 is 6.03 Å². The lowest BCUT2D eigenvalue weighted by Gasteiger charge is -2.26. The number of nitrogens with one attached hydrogen (secondary N) is 2. The monoisotopic (exact) mass is 173 g/mol. The molecule has 0 radical (unpaired) electrons. The van der Waals surface area contributed by atoms with E-state index in [2.05, 4.69) is 10.6 Å². The van der Waals surface area contributed by atoms with Gasteiger partial charge in [0.2, 0.25) is 0 Å². The Bertz CT molecular complexity index is 151. The molecule has 72 valence electrons. The van der Waals surface area contributed by atoms with Crippen LogP contribution in [0.25, 0.3) is 0 Å². The normalized spacial score (nSPS) is 13.8. The third-order valence-corrected chi connectivity index (χ3v) is 1.82. The first-order chi connectivity index (χ1) is 5.38. The van der Waals surface area contributed by atoms with Crippen LogP contribution in [0.4, 0.5) is 4.79 Å². The largest absolute Gasteiger partial charge is 0.341 e. The van der Waals surface area contributed by atoms with Gasteiger partial charge in [0.05, 0.1) is 0 Å². The molecule has 0 rings (SSSR count). The number of carbonyl (C=O) groups excluding carboxylic acids is 1. The number of rotatable bonds is 2. The number of hydrogen-bond donors (Lipinski definition) is 3. The molecule has 0 aromatic carbocycles. The van der Waals surface area contributed by atoms with E-state index >= 15 is 0 Å². The molecule has 4 heteroatoms. The zero-order chi connectivity index (χ0) is 9.78. The Morgan fingerprint density at radius 3 is 2.33 bits per heavy atom. The molecule has 0 aromatic rings. The van der Waals surface area contributed by atoms with Crippen LogP contribution in [0.5, 0.6) is 0 Å². The van der Waals surface area contributed by atoms with E-state index in [0.29, 0.717) is 6.54 Å². The van der Waals surface area contributed by atoms with Gasteiger partial charge in [-0.25, -0.2) is 4.79 Å². The van der Waals surface area contributed by atoms with E-state index < -0.39 is 0 Å². The Morgan fingerprint density at radius 1 is 1.50 bits per heavy atom. The van der Waals surface area contributed by atoms with Crippen LogP contribution in [-0.4, -0.2) is 25.7 Å². The molecule has 0 fully saturated rings. The van der Waals surface area contributed by atoms with Crippen LogP contribution in [0, 0.1) is 5.41 Å². The van der Waals surface area contributed by atoms with Crippen LogP contribution >= 0.6 is 0 Å². The third kappa shape index (κ3) is 4.18. The molecule has 0 unspecified atom stereocenters. The van der Waals surface area contributed by atoms with E-state index in [4.69, 9.17) is 5.73 Å². The van der Waals surface area contributed by atoms with Gasteiger partial charge in [0.15, 0.2) is 0 Å². The molecule has 4 N–H and O–H groups in total. The van der Waals surface area contributed by atoms with Crippen LogP contribution in [0.3, 0.4) is 0 Å². The van der Waals surface area contributed by atoms with Crippen molar-refractivity contribution in [2.24, 2.45) is 11.1 Å². The van der Waals surface area contributed by atoms with Crippen molar-refractivity contribution in [3.05, 3.63) is 0 Å². The number of nitrogens with two attached hydrogens (primary N) is 1. The second-order valence-electron chi connectivity index (χ2n) is 3.93. The van der Waals surface area contributed by atoms with Crippen molar-refractivity contribution >= 4 is 6.03 Å². The summed E-state index contributed by atoms with van der Waals surface area (Å²) < 4.78 is 0. The minimum atomic E-state index is -0.185. The second kappa shape index (κ2) is 4.30. The van der Waals surface area contributed by atoms with Crippen LogP contribution in [0.1, 0.15) is 20.8 Å². The Morgan fingerprint density at radius 2 is 2.00 bits per heavy atom. The highest BCUT2D eigenvalue weighted by Gasteiger charge is 2.20. The van der Waals surface area contributed by atoms with Gasteiger partial charge in [0, 0.05) is 19.6 Å². The molecule has 0 aliphatic rings. The molecule has 0 saturated carbocycles. The van der Waals surface area contributed by atoms with Crippen molar-refractivity contribution in [3.63, 3.8) is 0 Å². The molecule has 0 spiro atoms. The Balaban J connectivity index is 3.72. The van der Waals surface area contributed by atoms with Crippen molar-refractivity contribution in [1.29, 1.82) is 0 Å². The molecule has 0 heterocycles. The second-order valence-corrected chi connectivity index (χ2v) is 3.93. The zero-order valence-corrected chi connectivity index (χ0v) is 8.27. The minimum absolute atomic E-state index is 0.0187. The fraction of sp³-hybridized carbons (Fsp3) is 0.875. The summed E-state index contributed by atoms with van der Waals surface area (Å²) in [5.41, 5.74) is 5.84. The Kier molecular flexibility index (Phi) is 4.03. The van der Waals surface area contributed by atoms with Gasteiger partial charge in [-0.3, -0.25) is 0 Å². The van der Waals surface area contributed by atoms with E-state index in [-0.39, 0.29) is 17.5 Å². The molecule has 0 aliphatic heterocycles. The van der Waals surface area contributed by atoms with Gasteiger partial charge in [-0.05, 0) is 5.41 Å². The van der Waals surface area contributed by atoms with Crippen molar-refractivity contribution in [2.75, 3.05) is 13.6 Å². The minimum Gasteiger partial charge on any atom is -0.341 e. The fourth-order valence-corrected chi connectivity index (χ4v) is 0.597. The van der Waals surface area contributed by atoms with Gasteiger partial charge in [-0.1, -0.05) is 20.8 Å². The summed E-state index contributed by atoms with van der Waals surface area (Å²) in [6.07, 6.45) is 0. The number of amides is 2. The van der Waals surface area contributed by atoms with E-state index in [1.165, 1.54) is 0 Å². The summed E-state index contributed by atoms with van der Waals surface area (Å²) in [7, 11) is 1.58. The van der Waals surface area contributed by atoms with Gasteiger partial charge in [0.25, 0.3) is 0 Å². The molecule has 12 heavy (non-hydrogen) atoms. The highest BCUT2D eigenvalue weighted by atomic mass is 16.2. The summed E-state index contributed by atoms with van der Waals surface area (Å²) in [5, 5.41) is 5.13. The van der Waals surface area contributed by atoms with Gasteiger partial charge < -0.3 is 16.4 Å². The summed E-state index contributed by atoms with van der Waals surface area (Å²) in [5.74, 6) is 0. The molecule has 2 amide bonds. The zero-order valence-electron chi connectivity index (χ0n) is 8.27. The van der Waals surface area contributed by atoms with Crippen molar-refractivity contribution in [3.8, 4) is 0 Å². The van der Waals surface area contributed by atoms with Crippen molar-refractivity contribution < 1.29 is 4.79 Å². The van der Waals surface area contributed by atoms with E-state index in [1.807, 2.05) is 20.8 Å². The number of urea groups is 1. The van der Waals surface area contributed by atoms with Crippen molar-refractivity contribution in [2.45, 2.75) is 26.8 Å². The summed E-state index contributed by atoms with van der Waals surface area (Å²) in [6.45, 7) is 6.64. The fourth-order valence-electron chi connectivity index (χ4n) is 0.597. The number of carbonyl (C=O) groups is 1. The topological polar surface area (TPSA) is 67.2 Å². The van der Waals surface area contributed by atoms with Gasteiger partial charge in [0.1, 0.15) is 0 Å². The van der Waals surface area contributed by atoms with Crippen LogP contribution in [0.2, 0.25) is 0 Å². The van der Waals surface area contributed by atoms with Crippen LogP contribution in [0.15, 0.2) is 0 Å². The van der Waals surface area contributed by atoms with Gasteiger partial charge in [-0.15, -0.1) is 0 Å². The lowest BCUT2D eigenvalue weighted by Crippen LogP contribution is -2.47. The lowest BCUT2D eigenvalue weighted by atomic mass is 9.87. The van der Waals surface area contributed by atoms with Crippen molar-refractivity contribution in [1.82, 2.24) is 10.6 Å². The standard InChI is InChI=1S/C8H19N3O/c1-8(2,3)6(9)5-11-7(12)10-4/h6H,5,9H2,1-4H3,(H2,10,11,12)/t6-/m1/s1. The first-order valence-electron chi connectivity index (χ1n) is 4.09.